The predicted molar refractivity (Wildman–Crippen MR) is 109 cm³/mol. The number of halogens is 1. The minimum Gasteiger partial charge on any atom is -0.470 e. The topological polar surface area (TPSA) is 112 Å². The van der Waals surface area contributed by atoms with Crippen molar-refractivity contribution in [3.63, 3.8) is 0 Å². The molecule has 0 radical (unpaired) electrons. The molecule has 0 unspecified atom stereocenters. The smallest absolute Gasteiger partial charge is 0.235 e. The Morgan fingerprint density at radius 3 is 1.97 bits per heavy atom. The Labute approximate surface area is 177 Å². The minimum absolute atomic E-state index is 0.191. The van der Waals surface area contributed by atoms with Gasteiger partial charge in [-0.05, 0) is 13.8 Å². The Hall–Kier alpha value is -3.59. The van der Waals surface area contributed by atoms with Gasteiger partial charge in [0.25, 0.3) is 0 Å². The van der Waals surface area contributed by atoms with Gasteiger partial charge in [-0.25, -0.2) is 24.9 Å². The largest absolute Gasteiger partial charge is 0.470 e. The van der Waals surface area contributed by atoms with Crippen LogP contribution in [-0.2, 0) is 12.5 Å². The van der Waals surface area contributed by atoms with Gasteiger partial charge in [-0.2, -0.15) is 0 Å². The summed E-state index contributed by atoms with van der Waals surface area (Å²) in [5, 5.41) is 0. The lowest BCUT2D eigenvalue weighted by atomic mass is 10.3. The molecule has 0 fully saturated rings. The van der Waals surface area contributed by atoms with Crippen LogP contribution in [0.5, 0.6) is 5.88 Å². The van der Waals surface area contributed by atoms with Crippen molar-refractivity contribution in [1.29, 1.82) is 0 Å². The number of aromatic nitrogens is 8. The number of aryl methyl sites for hydroxylation is 2. The highest BCUT2D eigenvalue weighted by Gasteiger charge is 2.10. The van der Waals surface area contributed by atoms with E-state index in [-0.39, 0.29) is 12.5 Å². The van der Waals surface area contributed by atoms with Crippen molar-refractivity contribution in [3.8, 4) is 28.7 Å². The van der Waals surface area contributed by atoms with Crippen LogP contribution in [0.15, 0.2) is 43.4 Å². The Morgan fingerprint density at radius 1 is 0.700 bits per heavy atom. The van der Waals surface area contributed by atoms with E-state index in [1.165, 1.54) is 0 Å². The van der Waals surface area contributed by atoms with Crippen molar-refractivity contribution >= 4 is 11.6 Å². The first-order valence-electron chi connectivity index (χ1n) is 9.06. The molecule has 0 aliphatic rings. The zero-order valence-corrected chi connectivity index (χ0v) is 17.1. The number of alkyl halides is 1. The molecule has 0 saturated carbocycles. The van der Waals surface area contributed by atoms with Gasteiger partial charge in [0.05, 0.1) is 53.9 Å². The quantitative estimate of drug-likeness (QED) is 0.434. The van der Waals surface area contributed by atoms with Gasteiger partial charge >= 0.3 is 0 Å². The second-order valence-electron chi connectivity index (χ2n) is 6.41. The van der Waals surface area contributed by atoms with Crippen LogP contribution in [0.4, 0.5) is 0 Å². The molecule has 4 aromatic rings. The summed E-state index contributed by atoms with van der Waals surface area (Å²) < 4.78 is 5.80. The monoisotopic (exact) mass is 420 g/mol. The standard InChI is InChI=1S/C20H17ClN8O/c1-12-4-22-7-16(26-12)17-8-24-6-15(29-17)11-30-20-13(2)27-19(10-25-20)18-9-23-5-14(3-21)28-18/h4-10H,3,11H2,1-2H3. The van der Waals surface area contributed by atoms with E-state index in [0.717, 1.165) is 5.69 Å². The normalized spacial score (nSPS) is 10.8. The third-order valence-electron chi connectivity index (χ3n) is 4.04. The van der Waals surface area contributed by atoms with Crippen LogP contribution in [0.25, 0.3) is 22.8 Å². The third-order valence-corrected chi connectivity index (χ3v) is 4.32. The van der Waals surface area contributed by atoms with Crippen LogP contribution < -0.4 is 4.74 Å². The van der Waals surface area contributed by atoms with Gasteiger partial charge < -0.3 is 4.74 Å². The molecule has 0 aromatic carbocycles. The Kier molecular flexibility index (Phi) is 5.80. The fourth-order valence-corrected chi connectivity index (χ4v) is 2.79. The van der Waals surface area contributed by atoms with Gasteiger partial charge in [0.15, 0.2) is 0 Å². The lowest BCUT2D eigenvalue weighted by Gasteiger charge is -2.09. The summed E-state index contributed by atoms with van der Waals surface area (Å²) >= 11 is 5.82. The van der Waals surface area contributed by atoms with E-state index in [1.54, 1.807) is 43.4 Å². The molecule has 0 saturated heterocycles. The van der Waals surface area contributed by atoms with E-state index in [1.807, 2.05) is 13.8 Å². The van der Waals surface area contributed by atoms with Gasteiger partial charge in [0.1, 0.15) is 35.1 Å². The van der Waals surface area contributed by atoms with Crippen LogP contribution >= 0.6 is 11.6 Å². The predicted octanol–water partition coefficient (Wildman–Crippen LogP) is 3.12. The summed E-state index contributed by atoms with van der Waals surface area (Å²) in [5.41, 5.74) is 5.23. The van der Waals surface area contributed by atoms with Gasteiger partial charge in [-0.1, -0.05) is 0 Å². The van der Waals surface area contributed by atoms with Crippen LogP contribution in [0, 0.1) is 13.8 Å². The molecule has 0 aliphatic heterocycles. The first-order valence-corrected chi connectivity index (χ1v) is 9.59. The van der Waals surface area contributed by atoms with Gasteiger partial charge in [0.2, 0.25) is 5.88 Å². The van der Waals surface area contributed by atoms with Crippen molar-refractivity contribution in [2.45, 2.75) is 26.3 Å². The maximum atomic E-state index is 5.82. The summed E-state index contributed by atoms with van der Waals surface area (Å²) in [6.45, 7) is 3.88. The number of hydrogen-bond acceptors (Lipinski definition) is 9. The lowest BCUT2D eigenvalue weighted by Crippen LogP contribution is -2.05. The van der Waals surface area contributed by atoms with Crippen molar-refractivity contribution in [2.75, 3.05) is 0 Å². The molecule has 0 aliphatic carbocycles. The molecule has 4 aromatic heterocycles. The molecular weight excluding hydrogens is 404 g/mol. The van der Waals surface area contributed by atoms with Crippen molar-refractivity contribution in [2.24, 2.45) is 0 Å². The van der Waals surface area contributed by atoms with E-state index >= 15 is 0 Å². The molecule has 9 nitrogen and oxygen atoms in total. The fraction of sp³-hybridized carbons (Fsp3) is 0.200. The van der Waals surface area contributed by atoms with E-state index in [9.17, 15) is 0 Å². The van der Waals surface area contributed by atoms with Crippen LogP contribution in [0.3, 0.4) is 0 Å². The highest BCUT2D eigenvalue weighted by Crippen LogP contribution is 2.20. The number of nitrogens with zero attached hydrogens (tertiary/aromatic N) is 8. The average molecular weight is 421 g/mol. The maximum absolute atomic E-state index is 5.82. The Balaban J connectivity index is 1.49. The zero-order chi connectivity index (χ0) is 20.9. The Bertz CT molecular complexity index is 1190. The van der Waals surface area contributed by atoms with Crippen LogP contribution in [0.1, 0.15) is 22.8 Å². The molecule has 0 N–H and O–H groups in total. The van der Waals surface area contributed by atoms with Gasteiger partial charge in [-0.15, -0.1) is 11.6 Å². The molecule has 4 heterocycles. The minimum atomic E-state index is 0.191. The molecule has 30 heavy (non-hydrogen) atoms. The summed E-state index contributed by atoms with van der Waals surface area (Å²) in [7, 11) is 0. The zero-order valence-electron chi connectivity index (χ0n) is 16.3. The second-order valence-corrected chi connectivity index (χ2v) is 6.67. The summed E-state index contributed by atoms with van der Waals surface area (Å²) in [6, 6.07) is 0. The first-order chi connectivity index (χ1) is 14.6. The van der Waals surface area contributed by atoms with Crippen molar-refractivity contribution in [3.05, 3.63) is 66.2 Å². The molecule has 10 heteroatoms. The average Bonchev–Trinajstić information content (AvgIpc) is 2.78. The first kappa shape index (κ1) is 19.7. The highest BCUT2D eigenvalue weighted by molar-refractivity contribution is 6.16. The molecule has 0 atom stereocenters. The molecule has 0 spiro atoms. The molecular formula is C20H17ClN8O. The summed E-state index contributed by atoms with van der Waals surface area (Å²) in [5.74, 6) is 0.686. The SMILES string of the molecule is Cc1cncc(-c2cncc(COc3ncc(-c4cncc(CCl)n4)nc3C)n2)n1. The van der Waals surface area contributed by atoms with E-state index in [4.69, 9.17) is 16.3 Å². The van der Waals surface area contributed by atoms with Gasteiger partial charge in [-0.3, -0.25) is 15.0 Å². The number of rotatable bonds is 6. The summed E-state index contributed by atoms with van der Waals surface area (Å²) in [6.07, 6.45) is 11.4. The fourth-order valence-electron chi connectivity index (χ4n) is 2.66. The number of ether oxygens (including phenoxy) is 1. The maximum Gasteiger partial charge on any atom is 0.235 e. The number of hydrogen-bond donors (Lipinski definition) is 0. The van der Waals surface area contributed by atoms with E-state index in [0.29, 0.717) is 45.7 Å². The Morgan fingerprint density at radius 2 is 1.30 bits per heavy atom. The second kappa shape index (κ2) is 8.83. The van der Waals surface area contributed by atoms with Crippen molar-refractivity contribution < 1.29 is 4.74 Å². The molecule has 4 rings (SSSR count). The van der Waals surface area contributed by atoms with E-state index in [2.05, 4.69) is 39.9 Å². The summed E-state index contributed by atoms with van der Waals surface area (Å²) in [4.78, 5) is 34.7. The van der Waals surface area contributed by atoms with Gasteiger partial charge in [0, 0.05) is 12.4 Å². The third kappa shape index (κ3) is 4.52. The van der Waals surface area contributed by atoms with Crippen molar-refractivity contribution in [1.82, 2.24) is 39.9 Å². The van der Waals surface area contributed by atoms with Crippen LogP contribution in [-0.4, -0.2) is 39.9 Å². The van der Waals surface area contributed by atoms with E-state index < -0.39 is 0 Å². The molecule has 150 valence electrons. The highest BCUT2D eigenvalue weighted by atomic mass is 35.5. The molecule has 0 bridgehead atoms. The van der Waals surface area contributed by atoms with Crippen LogP contribution in [0.2, 0.25) is 0 Å². The molecule has 0 amide bonds. The lowest BCUT2D eigenvalue weighted by molar-refractivity contribution is 0.285.